The molecule has 0 aliphatic heterocycles. The first-order valence-corrected chi connectivity index (χ1v) is 6.76. The maximum atomic E-state index is 6.94. The van der Waals surface area contributed by atoms with E-state index in [4.69, 9.17) is 5.73 Å². The van der Waals surface area contributed by atoms with Gasteiger partial charge in [-0.2, -0.15) is 28.2 Å². The van der Waals surface area contributed by atoms with E-state index in [1.165, 1.54) is 19.6 Å². The third-order valence-corrected chi connectivity index (χ3v) is 2.24. The molecule has 4 nitrogen and oxygen atoms in total. The molecular formula is C12H31N4W-3. The van der Waals surface area contributed by atoms with Crippen LogP contribution in [0.15, 0.2) is 3.50 Å². The Labute approximate surface area is 120 Å². The van der Waals surface area contributed by atoms with E-state index in [0.29, 0.717) is 0 Å². The molecule has 0 amide bonds. The molecule has 0 aromatic carbocycles. The second kappa shape index (κ2) is 16.4. The first kappa shape index (κ1) is 26.0. The fourth-order valence-corrected chi connectivity index (χ4v) is 0. The molecule has 0 spiro atoms. The van der Waals surface area contributed by atoms with Crippen LogP contribution in [0.2, 0.25) is 0 Å². The second-order valence-electron chi connectivity index (χ2n) is 5.41. The number of nitrogens with zero attached hydrogens (tertiary/aromatic N) is 3. The van der Waals surface area contributed by atoms with Gasteiger partial charge in [-0.15, -0.1) is 5.54 Å². The van der Waals surface area contributed by atoms with Crippen molar-refractivity contribution in [2.75, 3.05) is 28.2 Å². The Bertz CT molecular complexity index is 128. The third kappa shape index (κ3) is 298. The smallest absolute Gasteiger partial charge is 0.162 e. The summed E-state index contributed by atoms with van der Waals surface area (Å²) in [6, 6.07) is 0. The van der Waals surface area contributed by atoms with Gasteiger partial charge in [0, 0.05) is 0 Å². The van der Waals surface area contributed by atoms with Crippen LogP contribution in [-0.2, 0) is 19.6 Å². The van der Waals surface area contributed by atoms with Crippen molar-refractivity contribution in [2.45, 2.75) is 52.6 Å². The van der Waals surface area contributed by atoms with Crippen molar-refractivity contribution in [1.82, 2.24) is 0 Å². The summed E-state index contributed by atoms with van der Waals surface area (Å²) in [5, 5.41) is 7.00. The number of hydrogen-bond acceptors (Lipinski definition) is 1. The van der Waals surface area contributed by atoms with E-state index in [2.05, 4.69) is 34.9 Å². The Hall–Kier alpha value is 0.368. The van der Waals surface area contributed by atoms with Crippen molar-refractivity contribution in [3.8, 4) is 0 Å². The van der Waals surface area contributed by atoms with E-state index in [0.717, 1.165) is 0 Å². The fourth-order valence-electron chi connectivity index (χ4n) is 0. The molecule has 5 heteroatoms. The van der Waals surface area contributed by atoms with E-state index >= 15 is 0 Å². The maximum absolute atomic E-state index is 6.94. The zero-order chi connectivity index (χ0) is 15.1. The van der Waals surface area contributed by atoms with Gasteiger partial charge in [-0.3, -0.25) is 0 Å². The predicted octanol–water partition coefficient (Wildman–Crippen LogP) is 4.59. The number of hydrogen-bond donors (Lipinski definition) is 0. The molecule has 0 radical (unpaired) electrons. The topological polar surface area (TPSA) is 64.4 Å². The average Bonchev–Trinajstić information content (AvgIpc) is 2.02. The van der Waals surface area contributed by atoms with Gasteiger partial charge in [0.25, 0.3) is 0 Å². The van der Waals surface area contributed by atoms with Crippen molar-refractivity contribution in [1.29, 1.82) is 0 Å². The standard InChI is InChI=1S/C4H10N.C4H9N.2C2H6N.W/c2*1-4(2,3)5;2*1-3-2;/h5H,1-3H3;1-3H3;2*1-2H3;/q-1;;2*-1;. The monoisotopic (exact) mass is 415 g/mol. The van der Waals surface area contributed by atoms with Crippen molar-refractivity contribution in [3.63, 3.8) is 0 Å². The van der Waals surface area contributed by atoms with Gasteiger partial charge in [0.15, 0.2) is 0 Å². The molecule has 0 fully saturated rings. The predicted molar refractivity (Wildman–Crippen MR) is 76.7 cm³/mol. The molecule has 0 heterocycles. The average molecular weight is 415 g/mol. The van der Waals surface area contributed by atoms with Crippen molar-refractivity contribution in [2.24, 2.45) is 3.50 Å². The summed E-state index contributed by atoms with van der Waals surface area (Å²) >= 11 is 1.32. The summed E-state index contributed by atoms with van der Waals surface area (Å²) in [6.45, 7) is 11.9. The molecule has 108 valence electrons. The van der Waals surface area contributed by atoms with Crippen LogP contribution in [0.3, 0.4) is 0 Å². The van der Waals surface area contributed by atoms with Crippen LogP contribution in [-0.4, -0.2) is 39.3 Å². The first-order valence-electron chi connectivity index (χ1n) is 5.45. The van der Waals surface area contributed by atoms with Crippen LogP contribution in [0, 0.1) is 0 Å². The largest absolute Gasteiger partial charge is 0.668 e. The Morgan fingerprint density at radius 3 is 0.882 bits per heavy atom. The molecule has 1 N–H and O–H groups in total. The molecule has 0 saturated carbocycles. The Morgan fingerprint density at radius 1 is 0.824 bits per heavy atom. The van der Waals surface area contributed by atoms with E-state index in [9.17, 15) is 0 Å². The summed E-state index contributed by atoms with van der Waals surface area (Å²) in [6.07, 6.45) is 0. The zero-order valence-electron chi connectivity index (χ0n) is 13.2. The normalized spacial score (nSPS) is 9.59. The number of rotatable bonds is 0. The summed E-state index contributed by atoms with van der Waals surface area (Å²) < 4.78 is 4.10. The van der Waals surface area contributed by atoms with Crippen LogP contribution >= 0.6 is 0 Å². The minimum atomic E-state index is -0.250. The van der Waals surface area contributed by atoms with Gasteiger partial charge in [-0.05, 0) is 0 Å². The summed E-state index contributed by atoms with van der Waals surface area (Å²) in [5.41, 5.74) is 6.89. The van der Waals surface area contributed by atoms with E-state index in [1.54, 1.807) is 28.2 Å². The summed E-state index contributed by atoms with van der Waals surface area (Å²) in [7, 11) is 7.00. The zero-order valence-corrected chi connectivity index (χ0v) is 16.2. The van der Waals surface area contributed by atoms with Gasteiger partial charge in [0.05, 0.1) is 0 Å². The van der Waals surface area contributed by atoms with Gasteiger partial charge >= 0.3 is 49.4 Å². The molecule has 0 atom stereocenters. The molecule has 0 aromatic heterocycles. The minimum Gasteiger partial charge on any atom is -0.668 e. The molecule has 0 bridgehead atoms. The molecule has 0 saturated heterocycles. The molecule has 0 aliphatic carbocycles. The second-order valence-corrected chi connectivity index (χ2v) is 6.06. The molecule has 0 unspecified atom stereocenters. The summed E-state index contributed by atoms with van der Waals surface area (Å²) in [5.74, 6) is 0. The van der Waals surface area contributed by atoms with Gasteiger partial charge in [0.2, 0.25) is 0 Å². The summed E-state index contributed by atoms with van der Waals surface area (Å²) in [4.78, 5) is 0. The van der Waals surface area contributed by atoms with Crippen molar-refractivity contribution in [3.05, 3.63) is 16.4 Å². The first-order chi connectivity index (χ1) is 7.39. The van der Waals surface area contributed by atoms with Gasteiger partial charge in [-0.1, -0.05) is 20.8 Å². The van der Waals surface area contributed by atoms with Crippen LogP contribution < -0.4 is 0 Å². The van der Waals surface area contributed by atoms with Crippen molar-refractivity contribution >= 4 is 0 Å². The quantitative estimate of drug-likeness (QED) is 0.556. The van der Waals surface area contributed by atoms with Crippen LogP contribution in [0.25, 0.3) is 16.4 Å². The van der Waals surface area contributed by atoms with Crippen LogP contribution in [0.4, 0.5) is 0 Å². The number of nitrogens with one attached hydrogen (secondary N) is 1. The van der Waals surface area contributed by atoms with E-state index in [1.807, 2.05) is 20.8 Å². The van der Waals surface area contributed by atoms with Crippen molar-refractivity contribution < 1.29 is 19.6 Å². The van der Waals surface area contributed by atoms with Crippen LogP contribution in [0.5, 0.6) is 0 Å². The molecule has 17 heavy (non-hydrogen) atoms. The Kier molecular flexibility index (Phi) is 25.1. The fraction of sp³-hybridized carbons (Fsp3) is 1.00. The molecular weight excluding hydrogens is 384 g/mol. The van der Waals surface area contributed by atoms with E-state index in [-0.39, 0.29) is 11.1 Å². The SMILES string of the molecule is CC(C)(C)[NH-].CC(C)(C)[N]=[W].C[N-]C.C[N-]C. The van der Waals surface area contributed by atoms with Gasteiger partial charge in [0.1, 0.15) is 0 Å². The third-order valence-electron chi connectivity index (χ3n) is 0.274. The molecule has 0 aliphatic rings. The van der Waals surface area contributed by atoms with E-state index < -0.39 is 0 Å². The Morgan fingerprint density at radius 2 is 0.882 bits per heavy atom. The van der Waals surface area contributed by atoms with Gasteiger partial charge in [-0.25, -0.2) is 0 Å². The van der Waals surface area contributed by atoms with Crippen LogP contribution in [0.1, 0.15) is 41.5 Å². The van der Waals surface area contributed by atoms with Gasteiger partial charge < -0.3 is 16.4 Å². The minimum absolute atomic E-state index is 0.204. The maximum Gasteiger partial charge on any atom is -0.162 e. The molecule has 0 rings (SSSR count). The molecule has 0 aromatic rings. The Balaban J connectivity index is -0.0000000698.